The molecule has 2 aromatic rings. The van der Waals surface area contributed by atoms with Crippen LogP contribution in [0.25, 0.3) is 11.1 Å². The molecule has 2 aliphatic rings. The molecule has 28 heavy (non-hydrogen) atoms. The predicted octanol–water partition coefficient (Wildman–Crippen LogP) is 2.51. The van der Waals surface area contributed by atoms with Gasteiger partial charge in [0.2, 0.25) is 5.91 Å². The summed E-state index contributed by atoms with van der Waals surface area (Å²) >= 11 is 0. The molecule has 1 atom stereocenters. The van der Waals surface area contributed by atoms with E-state index in [-0.39, 0.29) is 25.0 Å². The Balaban J connectivity index is 1.39. The van der Waals surface area contributed by atoms with Crippen LogP contribution >= 0.6 is 0 Å². The van der Waals surface area contributed by atoms with Crippen LogP contribution in [-0.4, -0.2) is 54.4 Å². The van der Waals surface area contributed by atoms with Crippen molar-refractivity contribution < 1.29 is 19.4 Å². The molecule has 1 saturated heterocycles. The molecule has 4 rings (SSSR count). The summed E-state index contributed by atoms with van der Waals surface area (Å²) in [6.07, 6.45) is 0.776. The van der Waals surface area contributed by atoms with Crippen LogP contribution in [0.4, 0.5) is 4.79 Å². The van der Waals surface area contributed by atoms with E-state index in [0.717, 1.165) is 17.5 Å². The fraction of sp³-hybridized carbons (Fsp3) is 0.364. The summed E-state index contributed by atoms with van der Waals surface area (Å²) in [4.78, 5) is 25.7. The molecule has 6 nitrogen and oxygen atoms in total. The fourth-order valence-corrected chi connectivity index (χ4v) is 4.12. The molecule has 0 bridgehead atoms. The average Bonchev–Trinajstić information content (AvgIpc) is 3.27. The molecule has 2 N–H and O–H groups in total. The number of amides is 2. The van der Waals surface area contributed by atoms with Gasteiger partial charge in [-0.1, -0.05) is 48.5 Å². The van der Waals surface area contributed by atoms with Gasteiger partial charge in [-0.25, -0.2) is 4.79 Å². The van der Waals surface area contributed by atoms with Gasteiger partial charge >= 0.3 is 6.09 Å². The van der Waals surface area contributed by atoms with E-state index in [1.165, 1.54) is 11.1 Å². The van der Waals surface area contributed by atoms with Gasteiger partial charge in [0.25, 0.3) is 0 Å². The van der Waals surface area contributed by atoms with Crippen molar-refractivity contribution in [1.29, 1.82) is 0 Å². The third-order valence-corrected chi connectivity index (χ3v) is 5.50. The Kier molecular flexibility index (Phi) is 5.30. The maximum absolute atomic E-state index is 12.3. The predicted molar refractivity (Wildman–Crippen MR) is 105 cm³/mol. The molecule has 146 valence electrons. The number of hydrogen-bond donors (Lipinski definition) is 2. The Morgan fingerprint density at radius 3 is 2.36 bits per heavy atom. The van der Waals surface area contributed by atoms with Crippen LogP contribution in [0.3, 0.4) is 0 Å². The van der Waals surface area contributed by atoms with E-state index in [9.17, 15) is 14.7 Å². The fourth-order valence-electron chi connectivity index (χ4n) is 4.12. The van der Waals surface area contributed by atoms with E-state index < -0.39 is 12.1 Å². The molecule has 1 aliphatic heterocycles. The van der Waals surface area contributed by atoms with Crippen LogP contribution in [0.15, 0.2) is 48.5 Å². The lowest BCUT2D eigenvalue weighted by molar-refractivity contribution is -0.128. The average molecular weight is 380 g/mol. The number of nitrogens with zero attached hydrogens (tertiary/aromatic N) is 1. The Labute approximate surface area is 164 Å². The van der Waals surface area contributed by atoms with Crippen LogP contribution < -0.4 is 5.32 Å². The number of ether oxygens (including phenoxy) is 1. The highest BCUT2D eigenvalue weighted by Crippen LogP contribution is 2.44. The maximum atomic E-state index is 12.3. The minimum absolute atomic E-state index is 0.00844. The van der Waals surface area contributed by atoms with Crippen LogP contribution in [0.5, 0.6) is 0 Å². The van der Waals surface area contributed by atoms with Crippen molar-refractivity contribution >= 4 is 12.0 Å². The van der Waals surface area contributed by atoms with Crippen molar-refractivity contribution in [3.05, 3.63) is 59.7 Å². The first-order valence-electron chi connectivity index (χ1n) is 9.67. The maximum Gasteiger partial charge on any atom is 0.407 e. The molecule has 2 aromatic carbocycles. The Morgan fingerprint density at radius 2 is 1.79 bits per heavy atom. The molecule has 0 saturated carbocycles. The van der Waals surface area contributed by atoms with Crippen LogP contribution in [0.1, 0.15) is 29.9 Å². The van der Waals surface area contributed by atoms with Crippen molar-refractivity contribution in [2.45, 2.75) is 24.8 Å². The second-order valence-corrected chi connectivity index (χ2v) is 7.29. The van der Waals surface area contributed by atoms with E-state index >= 15 is 0 Å². The van der Waals surface area contributed by atoms with Crippen molar-refractivity contribution in [1.82, 2.24) is 10.2 Å². The molecule has 1 fully saturated rings. The minimum atomic E-state index is -0.576. The van der Waals surface area contributed by atoms with Gasteiger partial charge in [0.05, 0.1) is 12.6 Å². The van der Waals surface area contributed by atoms with Crippen molar-refractivity contribution in [3.8, 4) is 11.1 Å². The number of hydrogen-bond acceptors (Lipinski definition) is 4. The standard InChI is InChI=1S/C22H24N2O4/c25-13-15(12-24-11-5-10-21(24)26)23-22(27)28-14-20-18-8-3-1-6-16(18)17-7-2-4-9-19(17)20/h1-4,6-9,15,20,25H,5,10-14H2,(H,23,27). The molecule has 1 heterocycles. The molecular formula is C22H24N2O4. The number of nitrogens with one attached hydrogen (secondary N) is 1. The lowest BCUT2D eigenvalue weighted by atomic mass is 9.98. The Morgan fingerprint density at radius 1 is 1.14 bits per heavy atom. The van der Waals surface area contributed by atoms with Crippen molar-refractivity contribution in [2.24, 2.45) is 0 Å². The van der Waals surface area contributed by atoms with Gasteiger partial charge in [-0.2, -0.15) is 0 Å². The zero-order chi connectivity index (χ0) is 19.5. The van der Waals surface area contributed by atoms with Crippen LogP contribution in [0.2, 0.25) is 0 Å². The summed E-state index contributed by atoms with van der Waals surface area (Å²) in [5.74, 6) is 0.0543. The van der Waals surface area contributed by atoms with Gasteiger partial charge in [0.1, 0.15) is 6.61 Å². The summed E-state index contributed by atoms with van der Waals surface area (Å²) in [7, 11) is 0. The largest absolute Gasteiger partial charge is 0.449 e. The van der Waals surface area contributed by atoms with Gasteiger partial charge in [-0.05, 0) is 28.7 Å². The normalized spacial score (nSPS) is 16.6. The minimum Gasteiger partial charge on any atom is -0.449 e. The molecule has 1 unspecified atom stereocenters. The Bertz CT molecular complexity index is 837. The van der Waals surface area contributed by atoms with Crippen molar-refractivity contribution in [2.75, 3.05) is 26.3 Å². The first-order chi connectivity index (χ1) is 13.7. The van der Waals surface area contributed by atoms with E-state index in [1.54, 1.807) is 4.90 Å². The SMILES string of the molecule is O=C(NC(CO)CN1CCCC1=O)OCC1c2ccccc2-c2ccccc21. The topological polar surface area (TPSA) is 78.9 Å². The summed E-state index contributed by atoms with van der Waals surface area (Å²) in [5, 5.41) is 12.2. The highest BCUT2D eigenvalue weighted by Gasteiger charge is 2.29. The summed E-state index contributed by atoms with van der Waals surface area (Å²) in [5.41, 5.74) is 4.65. The molecule has 2 amide bonds. The van der Waals surface area contributed by atoms with Crippen molar-refractivity contribution in [3.63, 3.8) is 0 Å². The number of alkyl carbamates (subject to hydrolysis) is 1. The van der Waals surface area contributed by atoms with Gasteiger partial charge in [-0.3, -0.25) is 4.79 Å². The monoisotopic (exact) mass is 380 g/mol. The number of likely N-dealkylation sites (tertiary alicyclic amines) is 1. The third-order valence-electron chi connectivity index (χ3n) is 5.50. The zero-order valence-electron chi connectivity index (χ0n) is 15.6. The lowest BCUT2D eigenvalue weighted by Crippen LogP contribution is -2.46. The second-order valence-electron chi connectivity index (χ2n) is 7.29. The van der Waals surface area contributed by atoms with E-state index in [0.29, 0.717) is 19.5 Å². The Hall–Kier alpha value is -2.86. The summed E-state index contributed by atoms with van der Waals surface area (Å²) in [6.45, 7) is 0.954. The van der Waals surface area contributed by atoms with E-state index in [4.69, 9.17) is 4.74 Å². The molecule has 6 heteroatoms. The highest BCUT2D eigenvalue weighted by molar-refractivity contribution is 5.79. The summed E-state index contributed by atoms with van der Waals surface area (Å²) < 4.78 is 5.50. The quantitative estimate of drug-likeness (QED) is 0.807. The molecular weight excluding hydrogens is 356 g/mol. The smallest absolute Gasteiger partial charge is 0.407 e. The highest BCUT2D eigenvalue weighted by atomic mass is 16.5. The number of aliphatic hydroxyl groups excluding tert-OH is 1. The second kappa shape index (κ2) is 8.02. The van der Waals surface area contributed by atoms with Gasteiger partial charge in [-0.15, -0.1) is 0 Å². The van der Waals surface area contributed by atoms with E-state index in [1.807, 2.05) is 24.3 Å². The zero-order valence-corrected chi connectivity index (χ0v) is 15.6. The van der Waals surface area contributed by atoms with Gasteiger partial charge in [0, 0.05) is 25.4 Å². The number of rotatable bonds is 6. The van der Waals surface area contributed by atoms with Gasteiger partial charge < -0.3 is 20.1 Å². The number of carbonyl (C=O) groups is 2. The van der Waals surface area contributed by atoms with E-state index in [2.05, 4.69) is 29.6 Å². The molecule has 0 aromatic heterocycles. The summed E-state index contributed by atoms with van der Waals surface area (Å²) in [6, 6.07) is 15.8. The lowest BCUT2D eigenvalue weighted by Gasteiger charge is -2.23. The number of aliphatic hydroxyl groups is 1. The number of benzene rings is 2. The number of fused-ring (bicyclic) bond motifs is 3. The van der Waals surface area contributed by atoms with Crippen LogP contribution in [-0.2, 0) is 9.53 Å². The number of carbonyl (C=O) groups excluding carboxylic acids is 2. The van der Waals surface area contributed by atoms with Crippen LogP contribution in [0, 0.1) is 0 Å². The molecule has 0 radical (unpaired) electrons. The first kappa shape index (κ1) is 18.5. The molecule has 0 spiro atoms. The molecule has 1 aliphatic carbocycles. The first-order valence-corrected chi connectivity index (χ1v) is 9.67. The third kappa shape index (κ3) is 3.60. The van der Waals surface area contributed by atoms with Gasteiger partial charge in [0.15, 0.2) is 0 Å².